The predicted octanol–water partition coefficient (Wildman–Crippen LogP) is 2.25. The minimum atomic E-state index is 0.0133. The molecular formula is C20H28N2O4. The van der Waals surface area contributed by atoms with Gasteiger partial charge in [-0.25, -0.2) is 0 Å². The van der Waals surface area contributed by atoms with Gasteiger partial charge in [0.05, 0.1) is 13.2 Å². The SMILES string of the molecule is COc1cccc(C(=O)N2CCC(N(C(C)=O)C3CCOCC3)C2)c1C. The number of amides is 2. The van der Waals surface area contributed by atoms with Crippen LogP contribution in [0.3, 0.4) is 0 Å². The summed E-state index contributed by atoms with van der Waals surface area (Å²) < 4.78 is 10.8. The van der Waals surface area contributed by atoms with E-state index in [2.05, 4.69) is 0 Å². The van der Waals surface area contributed by atoms with E-state index in [9.17, 15) is 9.59 Å². The highest BCUT2D eigenvalue weighted by Crippen LogP contribution is 2.27. The second-order valence-electron chi connectivity index (χ2n) is 7.10. The second kappa shape index (κ2) is 8.08. The topological polar surface area (TPSA) is 59.1 Å². The van der Waals surface area contributed by atoms with Crippen LogP contribution in [-0.4, -0.2) is 67.1 Å². The van der Waals surface area contributed by atoms with Crippen LogP contribution in [0.15, 0.2) is 18.2 Å². The highest BCUT2D eigenvalue weighted by molar-refractivity contribution is 5.96. The molecule has 2 aliphatic heterocycles. The molecule has 2 saturated heterocycles. The van der Waals surface area contributed by atoms with E-state index in [-0.39, 0.29) is 23.9 Å². The molecule has 2 fully saturated rings. The van der Waals surface area contributed by atoms with E-state index in [1.165, 1.54) is 0 Å². The smallest absolute Gasteiger partial charge is 0.254 e. The first-order valence-electron chi connectivity index (χ1n) is 9.32. The number of carbonyl (C=O) groups excluding carboxylic acids is 2. The third-order valence-electron chi connectivity index (χ3n) is 5.53. The highest BCUT2D eigenvalue weighted by atomic mass is 16.5. The van der Waals surface area contributed by atoms with Crippen molar-refractivity contribution in [1.29, 1.82) is 0 Å². The van der Waals surface area contributed by atoms with Gasteiger partial charge in [0.1, 0.15) is 5.75 Å². The monoisotopic (exact) mass is 360 g/mol. The van der Waals surface area contributed by atoms with E-state index in [1.807, 2.05) is 34.9 Å². The molecule has 0 saturated carbocycles. The van der Waals surface area contributed by atoms with E-state index in [4.69, 9.17) is 9.47 Å². The summed E-state index contributed by atoms with van der Waals surface area (Å²) in [4.78, 5) is 29.1. The number of carbonyl (C=O) groups is 2. The van der Waals surface area contributed by atoms with Crippen LogP contribution in [0.1, 0.15) is 42.1 Å². The Morgan fingerprint density at radius 3 is 2.58 bits per heavy atom. The molecule has 1 unspecified atom stereocenters. The zero-order valence-corrected chi connectivity index (χ0v) is 15.9. The summed E-state index contributed by atoms with van der Waals surface area (Å²) in [5, 5.41) is 0. The second-order valence-corrected chi connectivity index (χ2v) is 7.10. The first-order valence-corrected chi connectivity index (χ1v) is 9.32. The molecule has 0 bridgehead atoms. The van der Waals surface area contributed by atoms with Crippen LogP contribution in [0, 0.1) is 6.92 Å². The van der Waals surface area contributed by atoms with Gasteiger partial charge in [-0.3, -0.25) is 9.59 Å². The molecule has 0 spiro atoms. The Morgan fingerprint density at radius 2 is 1.92 bits per heavy atom. The molecule has 6 nitrogen and oxygen atoms in total. The van der Waals surface area contributed by atoms with Crippen LogP contribution < -0.4 is 4.74 Å². The zero-order valence-electron chi connectivity index (χ0n) is 15.9. The third kappa shape index (κ3) is 3.70. The normalized spacial score (nSPS) is 20.9. The largest absolute Gasteiger partial charge is 0.496 e. The summed E-state index contributed by atoms with van der Waals surface area (Å²) in [7, 11) is 1.61. The fourth-order valence-electron chi connectivity index (χ4n) is 4.17. The van der Waals surface area contributed by atoms with E-state index in [0.717, 1.165) is 30.6 Å². The van der Waals surface area contributed by atoms with Crippen molar-refractivity contribution < 1.29 is 19.1 Å². The lowest BCUT2D eigenvalue weighted by atomic mass is 10.0. The van der Waals surface area contributed by atoms with Crippen LogP contribution in [0.25, 0.3) is 0 Å². The minimum Gasteiger partial charge on any atom is -0.496 e. The zero-order chi connectivity index (χ0) is 18.7. The van der Waals surface area contributed by atoms with Gasteiger partial charge in [0, 0.05) is 50.4 Å². The standard InChI is InChI=1S/C20H28N2O4/c1-14-18(5-4-6-19(14)25-3)20(24)21-10-7-17(13-21)22(15(2)23)16-8-11-26-12-9-16/h4-6,16-17H,7-13H2,1-3H3. The number of likely N-dealkylation sites (tertiary alicyclic amines) is 1. The summed E-state index contributed by atoms with van der Waals surface area (Å²) >= 11 is 0. The average molecular weight is 360 g/mol. The Hall–Kier alpha value is -2.08. The van der Waals surface area contributed by atoms with Gasteiger partial charge >= 0.3 is 0 Å². The number of hydrogen-bond acceptors (Lipinski definition) is 4. The van der Waals surface area contributed by atoms with E-state index in [1.54, 1.807) is 14.0 Å². The molecule has 2 aliphatic rings. The van der Waals surface area contributed by atoms with Crippen molar-refractivity contribution >= 4 is 11.8 Å². The quantitative estimate of drug-likeness (QED) is 0.826. The predicted molar refractivity (Wildman–Crippen MR) is 98.4 cm³/mol. The summed E-state index contributed by atoms with van der Waals surface area (Å²) in [6.45, 7) is 6.20. The number of nitrogens with zero attached hydrogens (tertiary/aromatic N) is 2. The van der Waals surface area contributed by atoms with Crippen LogP contribution in [-0.2, 0) is 9.53 Å². The Morgan fingerprint density at radius 1 is 1.19 bits per heavy atom. The summed E-state index contributed by atoms with van der Waals surface area (Å²) in [5.41, 5.74) is 1.53. The molecular weight excluding hydrogens is 332 g/mol. The number of hydrogen-bond donors (Lipinski definition) is 0. The van der Waals surface area contributed by atoms with Crippen molar-refractivity contribution in [2.45, 2.75) is 45.2 Å². The van der Waals surface area contributed by atoms with Crippen molar-refractivity contribution in [3.05, 3.63) is 29.3 Å². The molecule has 1 aromatic carbocycles. The Kier molecular flexibility index (Phi) is 5.81. The lowest BCUT2D eigenvalue weighted by molar-refractivity contribution is -0.135. The van der Waals surface area contributed by atoms with Gasteiger partial charge in [-0.2, -0.15) is 0 Å². The van der Waals surface area contributed by atoms with Gasteiger partial charge in [0.25, 0.3) is 5.91 Å². The fourth-order valence-corrected chi connectivity index (χ4v) is 4.17. The van der Waals surface area contributed by atoms with Gasteiger partial charge in [-0.15, -0.1) is 0 Å². The fraction of sp³-hybridized carbons (Fsp3) is 0.600. The van der Waals surface area contributed by atoms with Gasteiger partial charge in [-0.05, 0) is 38.3 Å². The van der Waals surface area contributed by atoms with E-state index < -0.39 is 0 Å². The molecule has 142 valence electrons. The lowest BCUT2D eigenvalue weighted by Gasteiger charge is -2.37. The molecule has 3 rings (SSSR count). The van der Waals surface area contributed by atoms with E-state index in [0.29, 0.717) is 31.9 Å². The Labute approximate surface area is 155 Å². The van der Waals surface area contributed by atoms with Crippen LogP contribution in [0.2, 0.25) is 0 Å². The van der Waals surface area contributed by atoms with Crippen molar-refractivity contribution in [2.75, 3.05) is 33.4 Å². The molecule has 6 heteroatoms. The first-order chi connectivity index (χ1) is 12.5. The first kappa shape index (κ1) is 18.7. The maximum absolute atomic E-state index is 13.0. The van der Waals surface area contributed by atoms with Crippen LogP contribution in [0.5, 0.6) is 5.75 Å². The Bertz CT molecular complexity index is 670. The number of rotatable bonds is 4. The molecule has 0 aromatic heterocycles. The summed E-state index contributed by atoms with van der Waals surface area (Å²) in [5.74, 6) is 0.826. The molecule has 2 heterocycles. The highest BCUT2D eigenvalue weighted by Gasteiger charge is 2.36. The van der Waals surface area contributed by atoms with Crippen molar-refractivity contribution in [2.24, 2.45) is 0 Å². The minimum absolute atomic E-state index is 0.0133. The summed E-state index contributed by atoms with van der Waals surface area (Å²) in [6, 6.07) is 5.86. The number of ether oxygens (including phenoxy) is 2. The van der Waals surface area contributed by atoms with Gasteiger partial charge in [0.2, 0.25) is 5.91 Å². The van der Waals surface area contributed by atoms with Crippen molar-refractivity contribution in [1.82, 2.24) is 9.80 Å². The average Bonchev–Trinajstić information content (AvgIpc) is 3.11. The molecule has 1 atom stereocenters. The molecule has 0 radical (unpaired) electrons. The summed E-state index contributed by atoms with van der Waals surface area (Å²) in [6.07, 6.45) is 2.57. The molecule has 0 N–H and O–H groups in total. The van der Waals surface area contributed by atoms with Crippen LogP contribution >= 0.6 is 0 Å². The van der Waals surface area contributed by atoms with Crippen LogP contribution in [0.4, 0.5) is 0 Å². The maximum Gasteiger partial charge on any atom is 0.254 e. The van der Waals surface area contributed by atoms with E-state index >= 15 is 0 Å². The third-order valence-corrected chi connectivity index (χ3v) is 5.53. The Balaban J connectivity index is 1.72. The van der Waals surface area contributed by atoms with Gasteiger partial charge in [0.15, 0.2) is 0 Å². The number of methoxy groups -OCH3 is 1. The molecule has 0 aliphatic carbocycles. The molecule has 26 heavy (non-hydrogen) atoms. The molecule has 1 aromatic rings. The van der Waals surface area contributed by atoms with Gasteiger partial charge < -0.3 is 19.3 Å². The van der Waals surface area contributed by atoms with Crippen molar-refractivity contribution in [3.63, 3.8) is 0 Å². The van der Waals surface area contributed by atoms with Crippen molar-refractivity contribution in [3.8, 4) is 5.75 Å². The van der Waals surface area contributed by atoms with Gasteiger partial charge in [-0.1, -0.05) is 6.07 Å². The number of benzene rings is 1. The molecule has 2 amide bonds. The lowest BCUT2D eigenvalue weighted by Crippen LogP contribution is -2.49. The maximum atomic E-state index is 13.0.